The van der Waals surface area contributed by atoms with Crippen molar-refractivity contribution < 1.29 is 13.2 Å². The van der Waals surface area contributed by atoms with E-state index in [0.717, 1.165) is 16.5 Å². The molecule has 6 rings (SSSR count). The molecule has 1 aliphatic rings. The second-order valence-electron chi connectivity index (χ2n) is 8.98. The zero-order valence-corrected chi connectivity index (χ0v) is 20.7. The normalized spacial score (nSPS) is 14.4. The summed E-state index contributed by atoms with van der Waals surface area (Å²) in [5.41, 5.74) is 2.25. The Morgan fingerprint density at radius 2 is 1.78 bits per heavy atom. The van der Waals surface area contributed by atoms with Crippen molar-refractivity contribution in [3.05, 3.63) is 82.7 Å². The summed E-state index contributed by atoms with van der Waals surface area (Å²) in [5, 5.41) is 1.43. The van der Waals surface area contributed by atoms with Gasteiger partial charge in [0.05, 0.1) is 35.6 Å². The van der Waals surface area contributed by atoms with Gasteiger partial charge >= 0.3 is 0 Å². The third kappa shape index (κ3) is 4.95. The van der Waals surface area contributed by atoms with E-state index in [1.54, 1.807) is 30.3 Å². The van der Waals surface area contributed by atoms with Gasteiger partial charge in [-0.05, 0) is 36.4 Å². The number of hydrogen-bond acceptors (Lipinski definition) is 8. The minimum absolute atomic E-state index is 0.101. The van der Waals surface area contributed by atoms with Crippen LogP contribution in [0.4, 0.5) is 5.82 Å². The Balaban J connectivity index is 1.35. The van der Waals surface area contributed by atoms with Crippen LogP contribution in [0.5, 0.6) is 0 Å². The number of nitrogens with zero attached hydrogens (tertiary/aromatic N) is 4. The van der Waals surface area contributed by atoms with Crippen LogP contribution >= 0.6 is 0 Å². The molecule has 37 heavy (non-hydrogen) atoms. The van der Waals surface area contributed by atoms with Crippen molar-refractivity contribution in [2.45, 2.75) is 11.5 Å². The first-order valence-corrected chi connectivity index (χ1v) is 13.7. The Hall–Kier alpha value is -4.09. The summed E-state index contributed by atoms with van der Waals surface area (Å²) in [7, 11) is -3.72. The average Bonchev–Trinajstić information content (AvgIpc) is 3.36. The first-order valence-electron chi connectivity index (χ1n) is 11.9. The van der Waals surface area contributed by atoms with E-state index < -0.39 is 15.6 Å². The van der Waals surface area contributed by atoms with Crippen molar-refractivity contribution in [2.24, 2.45) is 0 Å². The molecule has 3 aromatic heterocycles. The third-order valence-electron chi connectivity index (χ3n) is 6.30. The number of H-pyrrole nitrogens is 2. The fourth-order valence-electron chi connectivity index (χ4n) is 4.52. The van der Waals surface area contributed by atoms with E-state index in [9.17, 15) is 13.2 Å². The van der Waals surface area contributed by atoms with Crippen LogP contribution in [0, 0.1) is 0 Å². The van der Waals surface area contributed by atoms with Crippen molar-refractivity contribution in [2.75, 3.05) is 31.2 Å². The van der Waals surface area contributed by atoms with Gasteiger partial charge in [0, 0.05) is 41.8 Å². The predicted octanol–water partition coefficient (Wildman–Crippen LogP) is 2.81. The molecular weight excluding hydrogens is 492 g/mol. The predicted molar refractivity (Wildman–Crippen MR) is 141 cm³/mol. The minimum atomic E-state index is -3.72. The largest absolute Gasteiger partial charge is 0.378 e. The first-order chi connectivity index (χ1) is 17.9. The molecule has 0 atom stereocenters. The average molecular weight is 517 g/mol. The van der Waals surface area contributed by atoms with Gasteiger partial charge in [0.25, 0.3) is 5.56 Å². The van der Waals surface area contributed by atoms with Crippen LogP contribution < -0.4 is 10.5 Å². The summed E-state index contributed by atoms with van der Waals surface area (Å²) in [6, 6.07) is 16.4. The van der Waals surface area contributed by atoms with Gasteiger partial charge in [0.1, 0.15) is 17.4 Å². The molecule has 2 aromatic carbocycles. The maximum atomic E-state index is 13.2. The van der Waals surface area contributed by atoms with Gasteiger partial charge in [-0.3, -0.25) is 4.79 Å². The van der Waals surface area contributed by atoms with Crippen LogP contribution in [0.1, 0.15) is 11.5 Å². The first kappa shape index (κ1) is 23.3. The highest BCUT2D eigenvalue weighted by Gasteiger charge is 2.21. The number of fused-ring (bicyclic) bond motifs is 2. The second kappa shape index (κ2) is 9.41. The van der Waals surface area contributed by atoms with Gasteiger partial charge in [-0.2, -0.15) is 0 Å². The van der Waals surface area contributed by atoms with Gasteiger partial charge in [0.15, 0.2) is 15.7 Å². The van der Waals surface area contributed by atoms with Crippen molar-refractivity contribution in [1.82, 2.24) is 24.9 Å². The Morgan fingerprint density at radius 3 is 2.65 bits per heavy atom. The Bertz CT molecular complexity index is 1770. The third-order valence-corrected chi connectivity index (χ3v) is 7.75. The zero-order valence-electron chi connectivity index (χ0n) is 19.8. The van der Waals surface area contributed by atoms with E-state index in [1.807, 2.05) is 30.5 Å². The molecule has 1 aliphatic heterocycles. The molecule has 5 aromatic rings. The van der Waals surface area contributed by atoms with E-state index in [0.29, 0.717) is 54.5 Å². The van der Waals surface area contributed by atoms with Crippen LogP contribution in [0.15, 0.2) is 65.6 Å². The molecule has 4 heterocycles. The van der Waals surface area contributed by atoms with Crippen molar-refractivity contribution in [3.8, 4) is 11.4 Å². The Kier molecular flexibility index (Phi) is 5.93. The lowest BCUT2D eigenvalue weighted by molar-refractivity contribution is 0.122. The fourth-order valence-corrected chi connectivity index (χ4v) is 5.77. The number of nitrogens with one attached hydrogen (secondary N) is 2. The van der Waals surface area contributed by atoms with Crippen LogP contribution in [-0.2, 0) is 26.1 Å². The molecule has 2 N–H and O–H groups in total. The Morgan fingerprint density at radius 1 is 0.946 bits per heavy atom. The number of rotatable bonds is 6. The lowest BCUT2D eigenvalue weighted by Crippen LogP contribution is -2.37. The topological polar surface area (TPSA) is 134 Å². The number of aromatic nitrogens is 5. The number of aromatic amines is 2. The molecule has 10 nitrogen and oxygen atoms in total. The van der Waals surface area contributed by atoms with Gasteiger partial charge < -0.3 is 19.6 Å². The van der Waals surface area contributed by atoms with Crippen LogP contribution in [0.3, 0.4) is 0 Å². The molecule has 0 saturated carbocycles. The molecule has 0 bridgehead atoms. The Labute approximate surface area is 212 Å². The highest BCUT2D eigenvalue weighted by molar-refractivity contribution is 7.89. The van der Waals surface area contributed by atoms with E-state index in [4.69, 9.17) is 9.72 Å². The second-order valence-corrected chi connectivity index (χ2v) is 11.0. The lowest BCUT2D eigenvalue weighted by Gasteiger charge is -2.28. The van der Waals surface area contributed by atoms with Gasteiger partial charge in [-0.1, -0.05) is 12.1 Å². The van der Waals surface area contributed by atoms with E-state index in [1.165, 1.54) is 0 Å². The summed E-state index contributed by atoms with van der Waals surface area (Å²) in [5.74, 6) is 0.487. The number of anilines is 1. The summed E-state index contributed by atoms with van der Waals surface area (Å²) in [6.07, 6.45) is 1.86. The molecule has 0 radical (unpaired) electrons. The van der Waals surface area contributed by atoms with Gasteiger partial charge in [-0.25, -0.2) is 23.4 Å². The van der Waals surface area contributed by atoms with E-state index >= 15 is 0 Å². The lowest BCUT2D eigenvalue weighted by atomic mass is 10.1. The molecular formula is C26H24N6O4S. The van der Waals surface area contributed by atoms with Crippen molar-refractivity contribution in [3.63, 3.8) is 0 Å². The molecule has 1 fully saturated rings. The van der Waals surface area contributed by atoms with Crippen molar-refractivity contribution in [1.29, 1.82) is 0 Å². The van der Waals surface area contributed by atoms with Crippen LogP contribution in [0.2, 0.25) is 0 Å². The van der Waals surface area contributed by atoms with E-state index in [-0.39, 0.29) is 17.1 Å². The quantitative estimate of drug-likeness (QED) is 0.352. The minimum Gasteiger partial charge on any atom is -0.378 e. The fraction of sp³-hybridized carbons (Fsp3) is 0.231. The zero-order chi connectivity index (χ0) is 25.4. The number of para-hydroxylation sites is 1. The molecule has 188 valence electrons. The monoisotopic (exact) mass is 516 g/mol. The summed E-state index contributed by atoms with van der Waals surface area (Å²) in [6.45, 7) is 2.45. The van der Waals surface area contributed by atoms with Crippen LogP contribution in [-0.4, -0.2) is 59.6 Å². The highest BCUT2D eigenvalue weighted by atomic mass is 32.2. The highest BCUT2D eigenvalue weighted by Crippen LogP contribution is 2.25. The molecule has 1 saturated heterocycles. The molecule has 0 amide bonds. The number of benzene rings is 2. The molecule has 0 aliphatic carbocycles. The number of morpholine rings is 1. The number of ether oxygens (including phenoxy) is 1. The summed E-state index contributed by atoms with van der Waals surface area (Å²) < 4.78 is 31.9. The SMILES string of the molecule is O=c1[nH]c(CS(=O)(=O)Cc2cc(N3CCOCC3)nc(-c3ccc4[nH]ccc4c3)n2)nc2ccccc12. The standard InChI is InChI=1S/C26H24N6O4S/c33-26-20-3-1-2-4-22(20)29-23(30-26)16-37(34,35)15-19-14-24(32-9-11-36-12-10-32)31-25(28-19)18-5-6-21-17(13-18)7-8-27-21/h1-8,13-14,27H,9-12,15-16H2,(H,29,30,33). The summed E-state index contributed by atoms with van der Waals surface area (Å²) >= 11 is 0. The van der Waals surface area contributed by atoms with E-state index in [2.05, 4.69) is 24.8 Å². The molecule has 11 heteroatoms. The van der Waals surface area contributed by atoms with Crippen LogP contribution in [0.25, 0.3) is 33.2 Å². The number of sulfone groups is 1. The smallest absolute Gasteiger partial charge is 0.258 e. The van der Waals surface area contributed by atoms with Gasteiger partial charge in [-0.15, -0.1) is 0 Å². The number of hydrogen-bond donors (Lipinski definition) is 2. The molecule has 0 spiro atoms. The summed E-state index contributed by atoms with van der Waals surface area (Å²) in [4.78, 5) is 34.0. The molecule has 0 unspecified atom stereocenters. The maximum Gasteiger partial charge on any atom is 0.258 e. The maximum absolute atomic E-state index is 13.2. The van der Waals surface area contributed by atoms with Crippen molar-refractivity contribution >= 4 is 37.5 Å². The van der Waals surface area contributed by atoms with Gasteiger partial charge in [0.2, 0.25) is 0 Å².